The molecule has 32 heavy (non-hydrogen) atoms. The Morgan fingerprint density at radius 1 is 1.12 bits per heavy atom. The second-order valence-electron chi connectivity index (χ2n) is 8.03. The van der Waals surface area contributed by atoms with Crippen molar-refractivity contribution >= 4 is 15.9 Å². The summed E-state index contributed by atoms with van der Waals surface area (Å²) in [5, 5.41) is 2.88. The molecule has 1 atom stereocenters. The molecule has 3 aromatic rings. The number of benzene rings is 1. The van der Waals surface area contributed by atoms with Crippen LogP contribution in [-0.2, 0) is 16.6 Å². The lowest BCUT2D eigenvalue weighted by Gasteiger charge is -2.32. The van der Waals surface area contributed by atoms with Crippen LogP contribution in [0.1, 0.15) is 47.9 Å². The van der Waals surface area contributed by atoms with Crippen molar-refractivity contribution in [3.8, 4) is 5.82 Å². The van der Waals surface area contributed by atoms with Crippen LogP contribution in [0.4, 0.5) is 0 Å². The van der Waals surface area contributed by atoms with Crippen LogP contribution in [0.3, 0.4) is 0 Å². The molecule has 0 radical (unpaired) electrons. The number of aromatic nitrogens is 3. The van der Waals surface area contributed by atoms with Crippen molar-refractivity contribution < 1.29 is 13.2 Å². The Hall–Kier alpha value is -3.04. The van der Waals surface area contributed by atoms with E-state index in [0.29, 0.717) is 18.7 Å². The Morgan fingerprint density at radius 2 is 1.91 bits per heavy atom. The predicted molar refractivity (Wildman–Crippen MR) is 121 cm³/mol. The fourth-order valence-electron chi connectivity index (χ4n) is 3.95. The Bertz CT molecular complexity index is 1200. The molecule has 0 aliphatic carbocycles. The number of sulfonamides is 1. The number of pyridine rings is 1. The third-order valence-electron chi connectivity index (χ3n) is 5.80. The largest absolute Gasteiger partial charge is 0.348 e. The van der Waals surface area contributed by atoms with E-state index < -0.39 is 10.0 Å². The van der Waals surface area contributed by atoms with Crippen LogP contribution >= 0.6 is 0 Å². The molecule has 1 amide bonds. The van der Waals surface area contributed by atoms with Gasteiger partial charge in [0.2, 0.25) is 10.0 Å². The lowest BCUT2D eigenvalue weighted by Crippen LogP contribution is -2.41. The van der Waals surface area contributed by atoms with Gasteiger partial charge in [-0.2, -0.15) is 4.31 Å². The molecule has 1 saturated heterocycles. The number of aryl methyl sites for hydroxylation is 1. The highest BCUT2D eigenvalue weighted by Crippen LogP contribution is 2.25. The van der Waals surface area contributed by atoms with Crippen LogP contribution in [0.5, 0.6) is 0 Å². The van der Waals surface area contributed by atoms with Crippen molar-refractivity contribution in [2.75, 3.05) is 6.54 Å². The maximum absolute atomic E-state index is 13.0. The second-order valence-corrected chi connectivity index (χ2v) is 9.92. The van der Waals surface area contributed by atoms with Crippen LogP contribution < -0.4 is 5.32 Å². The predicted octanol–water partition coefficient (Wildman–Crippen LogP) is 3.07. The second kappa shape index (κ2) is 9.22. The first-order valence-electron chi connectivity index (χ1n) is 10.7. The first-order chi connectivity index (χ1) is 15.4. The third-order valence-corrected chi connectivity index (χ3v) is 7.83. The number of carbonyl (C=O) groups excluding carboxylic acids is 1. The zero-order valence-electron chi connectivity index (χ0n) is 18.2. The first kappa shape index (κ1) is 22.2. The molecule has 1 fully saturated rings. The van der Waals surface area contributed by atoms with E-state index in [1.807, 2.05) is 36.7 Å². The van der Waals surface area contributed by atoms with Gasteiger partial charge in [0.1, 0.15) is 11.6 Å². The van der Waals surface area contributed by atoms with Gasteiger partial charge in [-0.3, -0.25) is 9.36 Å². The SMILES string of the molecule is Cc1nccn1-c1cc(CNC(=O)c2ccc(S(=O)(=O)N3CCCCC3C)cc2)ccn1. The average Bonchev–Trinajstić information content (AvgIpc) is 3.24. The summed E-state index contributed by atoms with van der Waals surface area (Å²) in [7, 11) is -3.55. The number of amides is 1. The Kier molecular flexibility index (Phi) is 6.38. The number of carbonyl (C=O) groups is 1. The van der Waals surface area contributed by atoms with E-state index in [0.717, 1.165) is 36.5 Å². The number of piperidine rings is 1. The molecule has 1 aliphatic heterocycles. The number of hydrogen-bond donors (Lipinski definition) is 1. The van der Waals surface area contributed by atoms with Gasteiger partial charge < -0.3 is 5.32 Å². The monoisotopic (exact) mass is 453 g/mol. The van der Waals surface area contributed by atoms with Gasteiger partial charge in [0.05, 0.1) is 4.90 Å². The highest BCUT2D eigenvalue weighted by atomic mass is 32.2. The van der Waals surface area contributed by atoms with Gasteiger partial charge in [0.15, 0.2) is 0 Å². The van der Waals surface area contributed by atoms with E-state index >= 15 is 0 Å². The van der Waals surface area contributed by atoms with Crippen LogP contribution in [0, 0.1) is 6.92 Å². The molecule has 4 rings (SSSR count). The van der Waals surface area contributed by atoms with Crippen LogP contribution in [0.25, 0.3) is 5.82 Å². The maximum atomic E-state index is 13.0. The van der Waals surface area contributed by atoms with Crippen LogP contribution in [-0.4, -0.2) is 45.8 Å². The Labute approximate surface area is 188 Å². The summed E-state index contributed by atoms with van der Waals surface area (Å²) >= 11 is 0. The molecule has 0 bridgehead atoms. The molecule has 0 saturated carbocycles. The molecule has 1 unspecified atom stereocenters. The van der Waals surface area contributed by atoms with Gasteiger partial charge in [-0.1, -0.05) is 6.42 Å². The van der Waals surface area contributed by atoms with Crippen molar-refractivity contribution in [1.29, 1.82) is 0 Å². The standard InChI is InChI=1S/C23H27N5O3S/c1-17-5-3-4-13-28(17)32(30,31)21-8-6-20(7-9-21)23(29)26-16-19-10-11-25-22(15-19)27-14-12-24-18(27)2/h6-12,14-15,17H,3-5,13,16H2,1-2H3,(H,26,29). The Morgan fingerprint density at radius 3 is 2.59 bits per heavy atom. The molecular formula is C23H27N5O3S. The Balaban J connectivity index is 1.42. The van der Waals surface area contributed by atoms with Gasteiger partial charge in [-0.25, -0.2) is 18.4 Å². The number of rotatable bonds is 6. The third kappa shape index (κ3) is 4.58. The van der Waals surface area contributed by atoms with Gasteiger partial charge in [-0.15, -0.1) is 0 Å². The molecule has 1 aromatic carbocycles. The zero-order valence-corrected chi connectivity index (χ0v) is 19.0. The lowest BCUT2D eigenvalue weighted by molar-refractivity contribution is 0.0950. The summed E-state index contributed by atoms with van der Waals surface area (Å²) in [5.41, 5.74) is 1.31. The molecule has 3 heterocycles. The van der Waals surface area contributed by atoms with Gasteiger partial charge in [-0.05, 0) is 68.7 Å². The fraction of sp³-hybridized carbons (Fsp3) is 0.348. The number of nitrogens with one attached hydrogen (secondary N) is 1. The minimum Gasteiger partial charge on any atom is -0.348 e. The van der Waals surface area contributed by atoms with Gasteiger partial charge >= 0.3 is 0 Å². The van der Waals surface area contributed by atoms with E-state index in [1.165, 1.54) is 12.1 Å². The van der Waals surface area contributed by atoms with Crippen LogP contribution in [0.15, 0.2) is 59.9 Å². The quantitative estimate of drug-likeness (QED) is 0.619. The summed E-state index contributed by atoms with van der Waals surface area (Å²) in [6, 6.07) is 9.87. The lowest BCUT2D eigenvalue weighted by atomic mass is 10.1. The summed E-state index contributed by atoms with van der Waals surface area (Å²) in [6.07, 6.45) is 8.03. The van der Waals surface area contributed by atoms with E-state index in [-0.39, 0.29) is 16.8 Å². The van der Waals surface area contributed by atoms with Gasteiger partial charge in [0.25, 0.3) is 5.91 Å². The summed E-state index contributed by atoms with van der Waals surface area (Å²) in [6.45, 7) is 4.70. The highest BCUT2D eigenvalue weighted by molar-refractivity contribution is 7.89. The average molecular weight is 454 g/mol. The van der Waals surface area contributed by atoms with Crippen molar-refractivity contribution in [1.82, 2.24) is 24.2 Å². The summed E-state index contributed by atoms with van der Waals surface area (Å²) < 4.78 is 29.3. The minimum absolute atomic E-state index is 0.00640. The van der Waals surface area contributed by atoms with Crippen molar-refractivity contribution in [3.63, 3.8) is 0 Å². The molecule has 2 aromatic heterocycles. The van der Waals surface area contributed by atoms with Crippen LogP contribution in [0.2, 0.25) is 0 Å². The van der Waals surface area contributed by atoms with Crippen molar-refractivity contribution in [3.05, 3.63) is 71.9 Å². The van der Waals surface area contributed by atoms with E-state index in [4.69, 9.17) is 0 Å². The summed E-state index contributed by atoms with van der Waals surface area (Å²) in [5.74, 6) is 1.29. The maximum Gasteiger partial charge on any atom is 0.251 e. The fourth-order valence-corrected chi connectivity index (χ4v) is 5.65. The van der Waals surface area contributed by atoms with Crippen molar-refractivity contribution in [2.24, 2.45) is 0 Å². The zero-order chi connectivity index (χ0) is 22.7. The summed E-state index contributed by atoms with van der Waals surface area (Å²) in [4.78, 5) is 21.4. The molecule has 8 nitrogen and oxygen atoms in total. The molecule has 1 N–H and O–H groups in total. The normalized spacial score (nSPS) is 17.2. The molecule has 0 spiro atoms. The van der Waals surface area contributed by atoms with Gasteiger partial charge in [0, 0.05) is 43.3 Å². The molecular weight excluding hydrogens is 426 g/mol. The first-order valence-corrected chi connectivity index (χ1v) is 12.2. The minimum atomic E-state index is -3.55. The topological polar surface area (TPSA) is 97.2 Å². The number of nitrogens with zero attached hydrogens (tertiary/aromatic N) is 4. The number of hydrogen-bond acceptors (Lipinski definition) is 5. The molecule has 1 aliphatic rings. The smallest absolute Gasteiger partial charge is 0.251 e. The number of imidazole rings is 1. The van der Waals surface area contributed by atoms with E-state index in [2.05, 4.69) is 15.3 Å². The highest BCUT2D eigenvalue weighted by Gasteiger charge is 2.30. The molecule has 9 heteroatoms. The van der Waals surface area contributed by atoms with Crippen molar-refractivity contribution in [2.45, 2.75) is 50.6 Å². The van der Waals surface area contributed by atoms with E-state index in [1.54, 1.807) is 28.8 Å². The molecule has 168 valence electrons. The van der Waals surface area contributed by atoms with E-state index in [9.17, 15) is 13.2 Å².